The summed E-state index contributed by atoms with van der Waals surface area (Å²) in [6.45, 7) is 0. The number of unbranched alkanes of at least 4 members (excludes halogenated alkanes) is 7. The topological polar surface area (TPSA) is 37.3 Å². The molecule has 134 valence electrons. The average Bonchev–Trinajstić information content (AvgIpc) is 2.58. The summed E-state index contributed by atoms with van der Waals surface area (Å²) < 4.78 is 1.05. The predicted molar refractivity (Wildman–Crippen MR) is 112 cm³/mol. The molecule has 1 N–H and O–H groups in total. The SMILES string of the molecule is O=C(O)CCCCCCCCCCSC(=S)SCc1ccccc1. The van der Waals surface area contributed by atoms with E-state index in [1.54, 1.807) is 11.8 Å². The molecule has 0 bridgehead atoms. The highest BCUT2D eigenvalue weighted by Crippen LogP contribution is 2.23. The minimum atomic E-state index is -0.674. The van der Waals surface area contributed by atoms with Crippen molar-refractivity contribution in [3.63, 3.8) is 0 Å². The van der Waals surface area contributed by atoms with Crippen LogP contribution in [0.25, 0.3) is 0 Å². The molecular formula is C19H28O2S3. The monoisotopic (exact) mass is 384 g/mol. The molecule has 0 aliphatic heterocycles. The number of hydrogen-bond donors (Lipinski definition) is 1. The van der Waals surface area contributed by atoms with Crippen LogP contribution in [-0.2, 0) is 10.5 Å². The minimum absolute atomic E-state index is 0.319. The highest BCUT2D eigenvalue weighted by atomic mass is 32.2. The lowest BCUT2D eigenvalue weighted by Crippen LogP contribution is -1.93. The van der Waals surface area contributed by atoms with Crippen LogP contribution in [0.3, 0.4) is 0 Å². The Morgan fingerprint density at radius 3 is 2.08 bits per heavy atom. The van der Waals surface area contributed by atoms with Gasteiger partial charge < -0.3 is 5.11 Å². The van der Waals surface area contributed by atoms with Crippen molar-refractivity contribution in [3.05, 3.63) is 35.9 Å². The molecule has 0 aliphatic rings. The molecule has 0 fully saturated rings. The van der Waals surface area contributed by atoms with Crippen molar-refractivity contribution in [3.8, 4) is 0 Å². The van der Waals surface area contributed by atoms with Gasteiger partial charge in [-0.1, -0.05) is 81.1 Å². The van der Waals surface area contributed by atoms with Crippen molar-refractivity contribution in [2.75, 3.05) is 5.75 Å². The summed E-state index contributed by atoms with van der Waals surface area (Å²) in [5.74, 6) is 1.42. The number of carboxylic acid groups (broad SMARTS) is 1. The average molecular weight is 385 g/mol. The van der Waals surface area contributed by atoms with Gasteiger partial charge in [0.15, 0.2) is 0 Å². The highest BCUT2D eigenvalue weighted by molar-refractivity contribution is 8.46. The summed E-state index contributed by atoms with van der Waals surface area (Å²) in [7, 11) is 0. The van der Waals surface area contributed by atoms with Gasteiger partial charge in [-0.2, -0.15) is 0 Å². The molecular weight excluding hydrogens is 356 g/mol. The molecule has 0 saturated carbocycles. The first-order valence-electron chi connectivity index (χ1n) is 8.74. The van der Waals surface area contributed by atoms with Crippen molar-refractivity contribution in [1.29, 1.82) is 0 Å². The van der Waals surface area contributed by atoms with Crippen LogP contribution in [0.15, 0.2) is 30.3 Å². The van der Waals surface area contributed by atoms with Gasteiger partial charge in [0.2, 0.25) is 0 Å². The standard InChI is InChI=1S/C19H28O2S3/c20-18(21)14-10-5-3-1-2-4-6-11-15-23-19(22)24-16-17-12-8-7-9-13-17/h7-9,12-13H,1-6,10-11,14-16H2,(H,20,21). The van der Waals surface area contributed by atoms with Gasteiger partial charge in [0.05, 0.1) is 0 Å². The third kappa shape index (κ3) is 12.8. The van der Waals surface area contributed by atoms with Gasteiger partial charge in [0.25, 0.3) is 0 Å². The quantitative estimate of drug-likeness (QED) is 0.309. The van der Waals surface area contributed by atoms with Crippen molar-refractivity contribution in [2.24, 2.45) is 0 Å². The maximum absolute atomic E-state index is 10.4. The Morgan fingerprint density at radius 2 is 1.46 bits per heavy atom. The molecule has 0 amide bonds. The first kappa shape index (κ1) is 21.5. The van der Waals surface area contributed by atoms with E-state index in [9.17, 15) is 4.79 Å². The maximum atomic E-state index is 10.4. The van der Waals surface area contributed by atoms with E-state index in [0.29, 0.717) is 6.42 Å². The largest absolute Gasteiger partial charge is 0.481 e. The molecule has 0 aromatic heterocycles. The number of aliphatic carboxylic acids is 1. The van der Waals surface area contributed by atoms with Crippen LogP contribution in [0, 0.1) is 0 Å². The third-order valence-corrected chi connectivity index (χ3v) is 6.56. The molecule has 1 rings (SSSR count). The minimum Gasteiger partial charge on any atom is -0.481 e. The number of carboxylic acids is 1. The Hall–Kier alpha value is -0.520. The molecule has 24 heavy (non-hydrogen) atoms. The van der Waals surface area contributed by atoms with Crippen LogP contribution in [0.4, 0.5) is 0 Å². The summed E-state index contributed by atoms with van der Waals surface area (Å²) >= 11 is 8.99. The number of carbonyl (C=O) groups is 1. The Balaban J connectivity index is 1.84. The molecule has 1 aromatic carbocycles. The van der Waals surface area contributed by atoms with Gasteiger partial charge in [-0.15, -0.1) is 23.5 Å². The van der Waals surface area contributed by atoms with E-state index in [-0.39, 0.29) is 0 Å². The number of thiocarbonyl (C=S) groups is 1. The van der Waals surface area contributed by atoms with Crippen LogP contribution >= 0.6 is 35.7 Å². The van der Waals surface area contributed by atoms with Crippen molar-refractivity contribution in [2.45, 2.75) is 63.5 Å². The van der Waals surface area contributed by atoms with E-state index in [1.807, 2.05) is 17.8 Å². The zero-order chi connectivity index (χ0) is 17.5. The Kier molecular flexibility index (Phi) is 13.3. The summed E-state index contributed by atoms with van der Waals surface area (Å²) in [5.41, 5.74) is 1.33. The lowest BCUT2D eigenvalue weighted by Gasteiger charge is -2.04. The van der Waals surface area contributed by atoms with Crippen LogP contribution in [0.5, 0.6) is 0 Å². The lowest BCUT2D eigenvalue weighted by atomic mass is 10.1. The van der Waals surface area contributed by atoms with E-state index in [2.05, 4.69) is 24.3 Å². The normalized spacial score (nSPS) is 10.7. The van der Waals surface area contributed by atoms with Crippen molar-refractivity contribution < 1.29 is 9.90 Å². The van der Waals surface area contributed by atoms with Crippen LogP contribution in [0.2, 0.25) is 0 Å². The molecule has 5 heteroatoms. The van der Waals surface area contributed by atoms with E-state index in [1.165, 1.54) is 44.1 Å². The van der Waals surface area contributed by atoms with Gasteiger partial charge in [0, 0.05) is 12.2 Å². The van der Waals surface area contributed by atoms with Crippen molar-refractivity contribution in [1.82, 2.24) is 0 Å². The van der Waals surface area contributed by atoms with Crippen LogP contribution in [0.1, 0.15) is 63.4 Å². The highest BCUT2D eigenvalue weighted by Gasteiger charge is 2.01. The molecule has 1 aromatic rings. The number of hydrogen-bond acceptors (Lipinski definition) is 4. The Morgan fingerprint density at radius 1 is 0.875 bits per heavy atom. The van der Waals surface area contributed by atoms with E-state index >= 15 is 0 Å². The molecule has 0 spiro atoms. The number of thioether (sulfide) groups is 2. The summed E-state index contributed by atoms with van der Waals surface area (Å²) in [5, 5.41) is 8.55. The Labute approximate surface area is 160 Å². The van der Waals surface area contributed by atoms with E-state index in [4.69, 9.17) is 17.3 Å². The van der Waals surface area contributed by atoms with Gasteiger partial charge in [-0.05, 0) is 24.2 Å². The van der Waals surface area contributed by atoms with Gasteiger partial charge in [-0.25, -0.2) is 0 Å². The van der Waals surface area contributed by atoms with Gasteiger partial charge in [-0.3, -0.25) is 4.79 Å². The molecule has 0 saturated heterocycles. The van der Waals surface area contributed by atoms with E-state index < -0.39 is 5.97 Å². The third-order valence-electron chi connectivity index (χ3n) is 3.70. The Bertz CT molecular complexity index is 463. The summed E-state index contributed by atoms with van der Waals surface area (Å²) in [6.07, 6.45) is 9.65. The molecule has 0 heterocycles. The fraction of sp³-hybridized carbons (Fsp3) is 0.579. The van der Waals surface area contributed by atoms with Crippen LogP contribution < -0.4 is 0 Å². The summed E-state index contributed by atoms with van der Waals surface area (Å²) in [4.78, 5) is 10.4. The first-order chi connectivity index (χ1) is 11.7. The molecule has 0 atom stereocenters. The molecule has 0 aliphatic carbocycles. The first-order valence-corrected chi connectivity index (χ1v) is 11.1. The number of rotatable bonds is 13. The number of benzene rings is 1. The zero-order valence-corrected chi connectivity index (χ0v) is 16.7. The maximum Gasteiger partial charge on any atom is 0.303 e. The fourth-order valence-electron chi connectivity index (χ4n) is 2.35. The molecule has 0 unspecified atom stereocenters. The van der Waals surface area contributed by atoms with E-state index in [0.717, 1.165) is 27.9 Å². The zero-order valence-electron chi connectivity index (χ0n) is 14.2. The fourth-order valence-corrected chi connectivity index (χ4v) is 4.53. The van der Waals surface area contributed by atoms with Crippen molar-refractivity contribution >= 4 is 45.2 Å². The second-order valence-corrected chi connectivity index (χ2v) is 9.12. The van der Waals surface area contributed by atoms with Crippen LogP contribution in [-0.4, -0.2) is 20.4 Å². The molecule has 2 nitrogen and oxygen atoms in total. The molecule has 0 radical (unpaired) electrons. The second-order valence-electron chi connectivity index (χ2n) is 5.84. The second kappa shape index (κ2) is 14.8. The van der Waals surface area contributed by atoms with Gasteiger partial charge >= 0.3 is 5.97 Å². The predicted octanol–water partition coefficient (Wildman–Crippen LogP) is 6.53. The smallest absolute Gasteiger partial charge is 0.303 e. The van der Waals surface area contributed by atoms with Gasteiger partial charge in [0.1, 0.15) is 3.53 Å². The lowest BCUT2D eigenvalue weighted by molar-refractivity contribution is -0.137. The summed E-state index contributed by atoms with van der Waals surface area (Å²) in [6, 6.07) is 10.5.